The van der Waals surface area contributed by atoms with Crippen molar-refractivity contribution < 1.29 is 14.4 Å². The van der Waals surface area contributed by atoms with E-state index in [0.29, 0.717) is 13.0 Å². The highest BCUT2D eigenvalue weighted by Gasteiger charge is 2.54. The average Bonchev–Trinajstić information content (AvgIpc) is 2.54. The lowest BCUT2D eigenvalue weighted by atomic mass is 9.97. The molecule has 1 unspecified atom stereocenters. The Hall–Kier alpha value is -0.610. The van der Waals surface area contributed by atoms with Gasteiger partial charge in [-0.15, -0.1) is 0 Å². The molecule has 0 bridgehead atoms. The summed E-state index contributed by atoms with van der Waals surface area (Å²) in [6, 6.07) is 0. The fourth-order valence-corrected chi connectivity index (χ4v) is 3.14. The van der Waals surface area contributed by atoms with Crippen molar-refractivity contribution in [3.05, 3.63) is 0 Å². The predicted molar refractivity (Wildman–Crippen MR) is 84.9 cm³/mol. The predicted octanol–water partition coefficient (Wildman–Crippen LogP) is 4.08. The molecule has 4 nitrogen and oxygen atoms in total. The maximum atomic E-state index is 12.0. The van der Waals surface area contributed by atoms with Crippen LogP contribution in [0.3, 0.4) is 0 Å². The molecule has 1 heterocycles. The van der Waals surface area contributed by atoms with Crippen molar-refractivity contribution >= 4 is 5.97 Å². The van der Waals surface area contributed by atoms with E-state index >= 15 is 0 Å². The first-order valence-electron chi connectivity index (χ1n) is 8.38. The van der Waals surface area contributed by atoms with Crippen LogP contribution in [0, 0.1) is 0 Å². The van der Waals surface area contributed by atoms with Gasteiger partial charge in [-0.05, 0) is 40.5 Å². The summed E-state index contributed by atoms with van der Waals surface area (Å²) in [6.07, 6.45) is 5.32. The third-order valence-electron chi connectivity index (χ3n) is 4.23. The van der Waals surface area contributed by atoms with E-state index in [2.05, 4.69) is 41.5 Å². The highest BCUT2D eigenvalue weighted by Crippen LogP contribution is 2.42. The molecule has 0 aromatic rings. The van der Waals surface area contributed by atoms with Crippen LogP contribution < -0.4 is 0 Å². The second-order valence-corrected chi connectivity index (χ2v) is 7.23. The van der Waals surface area contributed by atoms with Crippen molar-refractivity contribution in [2.24, 2.45) is 0 Å². The molecule has 0 aliphatic carbocycles. The lowest BCUT2D eigenvalue weighted by molar-refractivity contribution is -0.248. The van der Waals surface area contributed by atoms with Gasteiger partial charge in [0.2, 0.25) is 0 Å². The van der Waals surface area contributed by atoms with Crippen LogP contribution >= 0.6 is 0 Å². The van der Waals surface area contributed by atoms with Crippen molar-refractivity contribution in [1.82, 2.24) is 5.06 Å². The van der Waals surface area contributed by atoms with E-state index in [1.807, 2.05) is 5.06 Å². The zero-order valence-corrected chi connectivity index (χ0v) is 14.7. The normalized spacial score (nSPS) is 24.2. The van der Waals surface area contributed by atoms with E-state index in [-0.39, 0.29) is 23.2 Å². The molecule has 21 heavy (non-hydrogen) atoms. The molecular formula is C17H33NO3. The lowest BCUT2D eigenvalue weighted by Crippen LogP contribution is -2.51. The molecule has 1 atom stereocenters. The van der Waals surface area contributed by atoms with Gasteiger partial charge < -0.3 is 4.74 Å². The summed E-state index contributed by atoms with van der Waals surface area (Å²) in [7, 11) is 0. The van der Waals surface area contributed by atoms with Gasteiger partial charge in [0.25, 0.3) is 0 Å². The number of hydroxylamine groups is 2. The lowest BCUT2D eigenvalue weighted by Gasteiger charge is -2.39. The largest absolute Gasteiger partial charge is 0.460 e. The number of esters is 1. The molecule has 1 aliphatic heterocycles. The van der Waals surface area contributed by atoms with Gasteiger partial charge in [-0.2, -0.15) is 5.06 Å². The van der Waals surface area contributed by atoms with E-state index in [4.69, 9.17) is 9.57 Å². The number of carbonyl (C=O) groups is 1. The number of ether oxygens (including phenoxy) is 1. The molecule has 0 saturated carbocycles. The van der Waals surface area contributed by atoms with E-state index in [9.17, 15) is 4.79 Å². The van der Waals surface area contributed by atoms with Crippen LogP contribution in [0.5, 0.6) is 0 Å². The van der Waals surface area contributed by atoms with Crippen molar-refractivity contribution in [2.75, 3.05) is 6.61 Å². The second kappa shape index (κ2) is 7.59. The fraction of sp³-hybridized carbons (Fsp3) is 0.941. The van der Waals surface area contributed by atoms with E-state index in [0.717, 1.165) is 32.1 Å². The zero-order chi connectivity index (χ0) is 16.1. The Bertz CT molecular complexity index is 339. The molecule has 0 aromatic carbocycles. The molecule has 0 spiro atoms. The van der Waals surface area contributed by atoms with Crippen LogP contribution in [0.2, 0.25) is 0 Å². The maximum Gasteiger partial charge on any atom is 0.306 e. The topological polar surface area (TPSA) is 38.8 Å². The van der Waals surface area contributed by atoms with Gasteiger partial charge in [0.1, 0.15) is 6.10 Å². The van der Waals surface area contributed by atoms with Crippen molar-refractivity contribution in [3.63, 3.8) is 0 Å². The van der Waals surface area contributed by atoms with Crippen LogP contribution in [-0.4, -0.2) is 34.8 Å². The quantitative estimate of drug-likeness (QED) is 0.500. The van der Waals surface area contributed by atoms with Gasteiger partial charge >= 0.3 is 5.97 Å². The van der Waals surface area contributed by atoms with Gasteiger partial charge in [0.15, 0.2) is 0 Å². The number of hydrogen-bond acceptors (Lipinski definition) is 4. The third kappa shape index (κ3) is 4.68. The standard InChI is InChI=1S/C17H33NO3/c1-7-9-10-11-15(19)21-14-13-16(3,4)18(17(14,5)6)20-12-8-2/h14H,7-13H2,1-6H3. The van der Waals surface area contributed by atoms with Gasteiger partial charge in [0, 0.05) is 18.4 Å². The second-order valence-electron chi connectivity index (χ2n) is 7.23. The summed E-state index contributed by atoms with van der Waals surface area (Å²) in [5.41, 5.74) is -0.411. The van der Waals surface area contributed by atoms with Gasteiger partial charge in [0.05, 0.1) is 12.1 Å². The minimum atomic E-state index is -0.293. The SMILES string of the molecule is CCCCCC(=O)OC1CC(C)(C)N(OCCC)C1(C)C. The molecule has 1 saturated heterocycles. The molecular weight excluding hydrogens is 266 g/mol. The van der Waals surface area contributed by atoms with Crippen LogP contribution in [0.4, 0.5) is 0 Å². The molecule has 0 N–H and O–H groups in total. The Morgan fingerprint density at radius 2 is 1.81 bits per heavy atom. The number of nitrogens with zero attached hydrogens (tertiary/aromatic N) is 1. The molecule has 124 valence electrons. The monoisotopic (exact) mass is 299 g/mol. The van der Waals surface area contributed by atoms with Crippen LogP contribution in [0.25, 0.3) is 0 Å². The number of unbranched alkanes of at least 4 members (excludes halogenated alkanes) is 2. The minimum absolute atomic E-state index is 0.0744. The molecule has 4 heteroatoms. The summed E-state index contributed by atoms with van der Waals surface area (Å²) in [5, 5.41) is 2.04. The minimum Gasteiger partial charge on any atom is -0.460 e. The maximum absolute atomic E-state index is 12.0. The summed E-state index contributed by atoms with van der Waals surface area (Å²) >= 11 is 0. The Balaban J connectivity index is 2.65. The van der Waals surface area contributed by atoms with Gasteiger partial charge in [-0.25, -0.2) is 0 Å². The molecule has 1 rings (SSSR count). The van der Waals surface area contributed by atoms with E-state index < -0.39 is 0 Å². The van der Waals surface area contributed by atoms with E-state index in [1.54, 1.807) is 0 Å². The number of rotatable bonds is 8. The van der Waals surface area contributed by atoms with Crippen molar-refractivity contribution in [2.45, 2.75) is 97.2 Å². The van der Waals surface area contributed by atoms with E-state index in [1.165, 1.54) is 0 Å². The summed E-state index contributed by atoms with van der Waals surface area (Å²) in [6.45, 7) is 13.4. The number of carbonyl (C=O) groups excluding carboxylic acids is 1. The van der Waals surface area contributed by atoms with Gasteiger partial charge in [-0.1, -0.05) is 26.7 Å². The molecule has 0 aromatic heterocycles. The summed E-state index contributed by atoms with van der Waals surface area (Å²) in [4.78, 5) is 17.9. The highest BCUT2D eigenvalue weighted by atomic mass is 16.7. The zero-order valence-electron chi connectivity index (χ0n) is 14.7. The molecule has 1 fully saturated rings. The Morgan fingerprint density at radius 3 is 2.38 bits per heavy atom. The van der Waals surface area contributed by atoms with Gasteiger partial charge in [-0.3, -0.25) is 9.63 Å². The van der Waals surface area contributed by atoms with Crippen molar-refractivity contribution in [1.29, 1.82) is 0 Å². The van der Waals surface area contributed by atoms with Crippen molar-refractivity contribution in [3.8, 4) is 0 Å². The van der Waals surface area contributed by atoms with Crippen LogP contribution in [0.15, 0.2) is 0 Å². The highest BCUT2D eigenvalue weighted by molar-refractivity contribution is 5.69. The fourth-order valence-electron chi connectivity index (χ4n) is 3.14. The molecule has 0 amide bonds. The smallest absolute Gasteiger partial charge is 0.306 e. The Kier molecular flexibility index (Phi) is 6.67. The molecule has 0 radical (unpaired) electrons. The first kappa shape index (κ1) is 18.4. The van der Waals surface area contributed by atoms with Crippen LogP contribution in [0.1, 0.15) is 80.1 Å². The summed E-state index contributed by atoms with van der Waals surface area (Å²) in [5.74, 6) is -0.0744. The summed E-state index contributed by atoms with van der Waals surface area (Å²) < 4.78 is 5.76. The average molecular weight is 299 g/mol. The first-order valence-corrected chi connectivity index (χ1v) is 8.38. The Morgan fingerprint density at radius 1 is 1.14 bits per heavy atom. The Labute approximate surface area is 130 Å². The molecule has 1 aliphatic rings. The van der Waals surface area contributed by atoms with Crippen LogP contribution in [-0.2, 0) is 14.4 Å². The number of hydrogen-bond donors (Lipinski definition) is 0. The third-order valence-corrected chi connectivity index (χ3v) is 4.23. The first-order chi connectivity index (χ1) is 9.75.